The molecule has 0 radical (unpaired) electrons. The summed E-state index contributed by atoms with van der Waals surface area (Å²) in [7, 11) is 0. The molecule has 0 amide bonds. The number of hydrazone groups is 1. The number of pyridine rings is 2. The van der Waals surface area contributed by atoms with Crippen molar-refractivity contribution < 1.29 is 4.74 Å². The lowest BCUT2D eigenvalue weighted by Crippen LogP contribution is -2.05. The molecule has 0 spiro atoms. The average Bonchev–Trinajstić information content (AvgIpc) is 3.28. The van der Waals surface area contributed by atoms with Crippen LogP contribution < -0.4 is 28.0 Å². The zero-order chi connectivity index (χ0) is 23.4. The molecule has 0 fully saturated rings. The van der Waals surface area contributed by atoms with E-state index in [4.69, 9.17) is 16.3 Å². The number of hydrogen-bond donors (Lipinski definition) is 4. The number of nitrogens with zero attached hydrogens (tertiary/aromatic N) is 3. The smallest absolute Gasteiger partial charge is 0.223 e. The summed E-state index contributed by atoms with van der Waals surface area (Å²) >= 11 is 1.82. The van der Waals surface area contributed by atoms with Crippen molar-refractivity contribution in [3.05, 3.63) is 66.4 Å². The maximum Gasteiger partial charge on any atom is 0.223 e. The van der Waals surface area contributed by atoms with Crippen molar-refractivity contribution in [1.82, 2.24) is 9.97 Å². The SMILES string of the molecule is CCSc1ccc(-c2cc3cc(-c4cnc5c(c4)/C(=N/N)CO5)ccc3nc2N)cc1.NN. The van der Waals surface area contributed by atoms with Crippen LogP contribution in [0.2, 0.25) is 0 Å². The molecule has 168 valence electrons. The minimum Gasteiger partial charge on any atom is -0.471 e. The van der Waals surface area contributed by atoms with Gasteiger partial charge in [0.25, 0.3) is 0 Å². The first-order valence-corrected chi connectivity index (χ1v) is 11.3. The Morgan fingerprint density at radius 2 is 1.73 bits per heavy atom. The van der Waals surface area contributed by atoms with E-state index in [1.54, 1.807) is 6.20 Å². The van der Waals surface area contributed by atoms with Crippen molar-refractivity contribution in [2.75, 3.05) is 18.1 Å². The summed E-state index contributed by atoms with van der Waals surface area (Å²) in [5, 5.41) is 4.82. The third-order valence-corrected chi connectivity index (χ3v) is 6.21. The van der Waals surface area contributed by atoms with Gasteiger partial charge in [0.2, 0.25) is 5.88 Å². The van der Waals surface area contributed by atoms with Crippen LogP contribution in [0.5, 0.6) is 5.88 Å². The lowest BCUT2D eigenvalue weighted by Gasteiger charge is -2.10. The van der Waals surface area contributed by atoms with E-state index in [1.165, 1.54) is 4.90 Å². The number of aromatic nitrogens is 2. The molecule has 2 aromatic heterocycles. The van der Waals surface area contributed by atoms with Crippen molar-refractivity contribution in [1.29, 1.82) is 0 Å². The highest BCUT2D eigenvalue weighted by Gasteiger charge is 2.21. The highest BCUT2D eigenvalue weighted by Crippen LogP contribution is 2.33. The molecule has 3 heterocycles. The van der Waals surface area contributed by atoms with E-state index >= 15 is 0 Å². The van der Waals surface area contributed by atoms with Gasteiger partial charge in [-0.2, -0.15) is 5.10 Å². The zero-order valence-electron chi connectivity index (χ0n) is 18.2. The molecule has 1 aliphatic rings. The van der Waals surface area contributed by atoms with Crippen LogP contribution in [0.1, 0.15) is 12.5 Å². The van der Waals surface area contributed by atoms with E-state index in [0.29, 0.717) is 24.0 Å². The Morgan fingerprint density at radius 1 is 0.970 bits per heavy atom. The van der Waals surface area contributed by atoms with Gasteiger partial charge in [-0.1, -0.05) is 25.1 Å². The fourth-order valence-corrected chi connectivity index (χ4v) is 4.41. The van der Waals surface area contributed by atoms with Crippen LogP contribution in [0.3, 0.4) is 0 Å². The summed E-state index contributed by atoms with van der Waals surface area (Å²) in [6, 6.07) is 18.6. The number of rotatable bonds is 4. The summed E-state index contributed by atoms with van der Waals surface area (Å²) in [5.41, 5.74) is 12.6. The lowest BCUT2D eigenvalue weighted by molar-refractivity contribution is 0.378. The Morgan fingerprint density at radius 3 is 2.45 bits per heavy atom. The zero-order valence-corrected chi connectivity index (χ0v) is 19.0. The third-order valence-electron chi connectivity index (χ3n) is 5.32. The highest BCUT2D eigenvalue weighted by atomic mass is 32.2. The van der Waals surface area contributed by atoms with Gasteiger partial charge in [-0.25, -0.2) is 9.97 Å². The predicted molar refractivity (Wildman–Crippen MR) is 136 cm³/mol. The number of fused-ring (bicyclic) bond motifs is 2. The third kappa shape index (κ3) is 4.47. The molecule has 0 atom stereocenters. The van der Waals surface area contributed by atoms with Crippen LogP contribution in [-0.2, 0) is 0 Å². The van der Waals surface area contributed by atoms with Crippen LogP contribution in [0.15, 0.2) is 70.8 Å². The Kier molecular flexibility index (Phi) is 6.74. The topological polar surface area (TPSA) is 151 Å². The quantitative estimate of drug-likeness (QED) is 0.205. The van der Waals surface area contributed by atoms with Crippen LogP contribution in [-0.4, -0.2) is 28.0 Å². The van der Waals surface area contributed by atoms with Crippen molar-refractivity contribution in [2.24, 2.45) is 22.6 Å². The fourth-order valence-electron chi connectivity index (χ4n) is 3.75. The Hall–Kier alpha value is -3.66. The van der Waals surface area contributed by atoms with E-state index in [-0.39, 0.29) is 0 Å². The van der Waals surface area contributed by atoms with Gasteiger partial charge in [0.05, 0.1) is 11.1 Å². The van der Waals surface area contributed by atoms with Gasteiger partial charge in [-0.05, 0) is 53.3 Å². The molecule has 8 nitrogen and oxygen atoms in total. The number of hydrazine groups is 1. The van der Waals surface area contributed by atoms with Gasteiger partial charge in [-0.15, -0.1) is 11.8 Å². The Labute approximate surface area is 196 Å². The summed E-state index contributed by atoms with van der Waals surface area (Å²) in [5.74, 6) is 15.6. The minimum absolute atomic E-state index is 0.349. The molecule has 4 aromatic rings. The first-order chi connectivity index (χ1) is 16.2. The van der Waals surface area contributed by atoms with Crippen molar-refractivity contribution in [3.8, 4) is 28.1 Å². The molecular formula is C24H25N7OS. The molecule has 0 bridgehead atoms. The summed E-state index contributed by atoms with van der Waals surface area (Å²) < 4.78 is 5.52. The number of benzene rings is 2. The van der Waals surface area contributed by atoms with Crippen LogP contribution in [0.25, 0.3) is 33.2 Å². The van der Waals surface area contributed by atoms with Crippen molar-refractivity contribution in [3.63, 3.8) is 0 Å². The van der Waals surface area contributed by atoms with Gasteiger partial charge in [0.1, 0.15) is 18.1 Å². The maximum absolute atomic E-state index is 6.29. The normalized spacial score (nSPS) is 13.4. The Balaban J connectivity index is 0.00000126. The fraction of sp³-hybridized carbons (Fsp3) is 0.125. The van der Waals surface area contributed by atoms with Gasteiger partial charge in [0, 0.05) is 27.6 Å². The molecule has 5 rings (SSSR count). The summed E-state index contributed by atoms with van der Waals surface area (Å²) in [4.78, 5) is 10.3. The van der Waals surface area contributed by atoms with Gasteiger partial charge >= 0.3 is 0 Å². The van der Waals surface area contributed by atoms with Crippen molar-refractivity contribution >= 4 is 34.2 Å². The first-order valence-electron chi connectivity index (χ1n) is 10.3. The second-order valence-electron chi connectivity index (χ2n) is 7.23. The van der Waals surface area contributed by atoms with E-state index in [9.17, 15) is 0 Å². The van der Waals surface area contributed by atoms with Gasteiger partial charge < -0.3 is 16.3 Å². The van der Waals surface area contributed by atoms with Crippen molar-refractivity contribution in [2.45, 2.75) is 11.8 Å². The van der Waals surface area contributed by atoms with Gasteiger partial charge in [-0.3, -0.25) is 11.7 Å². The number of thioether (sulfide) groups is 1. The minimum atomic E-state index is 0.349. The molecular weight excluding hydrogens is 434 g/mol. The lowest BCUT2D eigenvalue weighted by atomic mass is 10.00. The molecule has 0 saturated heterocycles. The molecule has 33 heavy (non-hydrogen) atoms. The van der Waals surface area contributed by atoms with Gasteiger partial charge in [0.15, 0.2) is 0 Å². The Bertz CT molecular complexity index is 1320. The van der Waals surface area contributed by atoms with Crippen LogP contribution in [0.4, 0.5) is 5.82 Å². The number of hydrogen-bond acceptors (Lipinski definition) is 9. The molecule has 2 aromatic carbocycles. The van der Waals surface area contributed by atoms with E-state index in [1.807, 2.05) is 30.0 Å². The maximum atomic E-state index is 6.29. The number of nitrogens with two attached hydrogens (primary N) is 4. The van der Waals surface area contributed by atoms with E-state index < -0.39 is 0 Å². The van der Waals surface area contributed by atoms with E-state index in [2.05, 4.69) is 70.1 Å². The molecule has 1 aliphatic heterocycles. The molecule has 9 heteroatoms. The first kappa shape index (κ1) is 22.5. The van der Waals surface area contributed by atoms with Crippen LogP contribution in [0, 0.1) is 0 Å². The predicted octanol–water partition coefficient (Wildman–Crippen LogP) is 3.53. The molecule has 0 saturated carbocycles. The van der Waals surface area contributed by atoms with E-state index in [0.717, 1.165) is 44.5 Å². The number of ether oxygens (including phenoxy) is 1. The highest BCUT2D eigenvalue weighted by molar-refractivity contribution is 7.99. The molecule has 0 unspecified atom stereocenters. The summed E-state index contributed by atoms with van der Waals surface area (Å²) in [6.07, 6.45) is 1.80. The second-order valence-corrected chi connectivity index (χ2v) is 8.56. The largest absolute Gasteiger partial charge is 0.471 e. The number of nitrogen functional groups attached to an aromatic ring is 1. The van der Waals surface area contributed by atoms with Crippen LogP contribution >= 0.6 is 11.8 Å². The standard InChI is InChI=1S/C24H21N5OS.H4N2/c1-2-31-18-6-3-14(4-7-18)19-10-16-9-15(5-8-21(16)28-23(19)25)17-11-20-22(29-26)13-30-24(20)27-12-17;1-2/h3-12H,2,13,26H2,1H3,(H2,25,28);1-2H2/b29-22+;. The molecule has 8 N–H and O–H groups in total. The molecule has 0 aliphatic carbocycles. The summed E-state index contributed by atoms with van der Waals surface area (Å²) in [6.45, 7) is 2.50. The monoisotopic (exact) mass is 459 g/mol. The number of anilines is 1. The average molecular weight is 460 g/mol. The second kappa shape index (κ2) is 9.86.